The zero-order chi connectivity index (χ0) is 26.6. The Morgan fingerprint density at radius 2 is 1.79 bits per heavy atom. The van der Waals surface area contributed by atoms with E-state index in [9.17, 15) is 9.59 Å². The van der Waals surface area contributed by atoms with Crippen LogP contribution >= 0.6 is 0 Å². The summed E-state index contributed by atoms with van der Waals surface area (Å²) in [6.45, 7) is 4.83. The van der Waals surface area contributed by atoms with E-state index in [1.54, 1.807) is 53.3 Å². The molecule has 1 saturated heterocycles. The average molecular weight is 514 g/mol. The Balaban J connectivity index is 1.39. The zero-order valence-corrected chi connectivity index (χ0v) is 21.9. The van der Waals surface area contributed by atoms with Crippen LogP contribution in [0.25, 0.3) is 16.9 Å². The second-order valence-electron chi connectivity index (χ2n) is 10.0. The van der Waals surface area contributed by atoms with Crippen molar-refractivity contribution in [2.75, 3.05) is 6.54 Å². The summed E-state index contributed by atoms with van der Waals surface area (Å²) in [6.07, 6.45) is 8.64. The minimum Gasteiger partial charge on any atom is -0.335 e. The maximum absolute atomic E-state index is 15.2. The van der Waals surface area contributed by atoms with E-state index in [0.29, 0.717) is 34.6 Å². The molecule has 0 bridgehead atoms. The number of rotatable bonds is 7. The number of halogens is 1. The van der Waals surface area contributed by atoms with Crippen LogP contribution in [0.2, 0.25) is 0 Å². The van der Waals surface area contributed by atoms with Gasteiger partial charge in [-0.3, -0.25) is 14.6 Å². The van der Waals surface area contributed by atoms with E-state index >= 15 is 4.39 Å². The first-order chi connectivity index (χ1) is 18.4. The summed E-state index contributed by atoms with van der Waals surface area (Å²) in [5, 5.41) is 4.62. The number of fused-ring (bicyclic) bond motifs is 1. The molecule has 1 aliphatic rings. The van der Waals surface area contributed by atoms with Crippen LogP contribution in [-0.4, -0.2) is 48.8 Å². The smallest absolute Gasteiger partial charge is 0.272 e. The molecule has 0 N–H and O–H groups in total. The van der Waals surface area contributed by atoms with Gasteiger partial charge in [-0.25, -0.2) is 13.9 Å². The molecule has 196 valence electrons. The molecule has 5 rings (SSSR count). The minimum absolute atomic E-state index is 0.00351. The number of benzene rings is 1. The van der Waals surface area contributed by atoms with Crippen molar-refractivity contribution in [3.05, 3.63) is 83.2 Å². The van der Waals surface area contributed by atoms with E-state index in [4.69, 9.17) is 0 Å². The Kier molecular flexibility index (Phi) is 7.58. The number of likely N-dealkylation sites (tertiary alicyclic amines) is 1. The van der Waals surface area contributed by atoms with Gasteiger partial charge in [0.25, 0.3) is 5.91 Å². The van der Waals surface area contributed by atoms with E-state index in [2.05, 4.69) is 22.0 Å². The van der Waals surface area contributed by atoms with Gasteiger partial charge in [-0.05, 0) is 67.6 Å². The number of ketones is 1. The summed E-state index contributed by atoms with van der Waals surface area (Å²) in [6, 6.07) is 12.1. The number of carbonyl (C=O) groups is 2. The largest absolute Gasteiger partial charge is 0.335 e. The number of pyridine rings is 1. The molecule has 4 heterocycles. The number of amides is 1. The molecule has 3 aromatic heterocycles. The standard InChI is InChI=1S/C30H32FN5O2/c1-3-23-18-28(30(38)35-14-6-4-5-7-20(35)2)33-29-19-27(34-36(23)29)25-9-8-22(17-26(25)31)16-24(37)15-21-10-12-32-13-11-21/h8-13,17-20H,3-7,14-16H2,1-2H3. The predicted octanol–water partition coefficient (Wildman–Crippen LogP) is 5.25. The third-order valence-corrected chi connectivity index (χ3v) is 7.26. The van der Waals surface area contributed by atoms with Gasteiger partial charge in [-0.15, -0.1) is 0 Å². The summed E-state index contributed by atoms with van der Waals surface area (Å²) in [5.41, 5.74) is 4.02. The molecule has 8 heteroatoms. The van der Waals surface area contributed by atoms with E-state index < -0.39 is 5.82 Å². The molecular formula is C30H32FN5O2. The number of aromatic nitrogens is 4. The van der Waals surface area contributed by atoms with Gasteiger partial charge in [0.1, 0.15) is 17.3 Å². The highest BCUT2D eigenvalue weighted by atomic mass is 19.1. The molecule has 38 heavy (non-hydrogen) atoms. The van der Waals surface area contributed by atoms with Crippen molar-refractivity contribution in [2.45, 2.75) is 64.8 Å². The lowest BCUT2D eigenvalue weighted by molar-refractivity contribution is -0.117. The topological polar surface area (TPSA) is 80.5 Å². The maximum atomic E-state index is 15.2. The molecule has 1 aliphatic heterocycles. The lowest BCUT2D eigenvalue weighted by Gasteiger charge is -2.27. The predicted molar refractivity (Wildman–Crippen MR) is 143 cm³/mol. The molecule has 1 amide bonds. The van der Waals surface area contributed by atoms with Crippen LogP contribution in [-0.2, 0) is 24.1 Å². The van der Waals surface area contributed by atoms with Crippen molar-refractivity contribution in [3.63, 3.8) is 0 Å². The number of hydrogen-bond acceptors (Lipinski definition) is 5. The highest BCUT2D eigenvalue weighted by molar-refractivity contribution is 5.93. The van der Waals surface area contributed by atoms with Crippen LogP contribution in [0.1, 0.15) is 66.8 Å². The third kappa shape index (κ3) is 5.49. The van der Waals surface area contributed by atoms with Gasteiger partial charge in [0.15, 0.2) is 5.65 Å². The first-order valence-corrected chi connectivity index (χ1v) is 13.3. The summed E-state index contributed by atoms with van der Waals surface area (Å²) in [5.74, 6) is -0.509. The first-order valence-electron chi connectivity index (χ1n) is 13.3. The summed E-state index contributed by atoms with van der Waals surface area (Å²) < 4.78 is 16.9. The third-order valence-electron chi connectivity index (χ3n) is 7.26. The molecule has 1 aromatic carbocycles. The van der Waals surface area contributed by atoms with Crippen molar-refractivity contribution in [1.82, 2.24) is 24.5 Å². The fourth-order valence-electron chi connectivity index (χ4n) is 5.15. The van der Waals surface area contributed by atoms with E-state index in [1.165, 1.54) is 6.07 Å². The molecule has 1 unspecified atom stereocenters. The molecule has 4 aromatic rings. The second kappa shape index (κ2) is 11.2. The molecule has 1 atom stereocenters. The number of Topliss-reactive ketones (excluding diaryl/α,β-unsaturated/α-hetero) is 1. The molecule has 0 radical (unpaired) electrons. The van der Waals surface area contributed by atoms with Gasteiger partial charge in [0.05, 0.1) is 5.69 Å². The Labute approximate surface area is 221 Å². The molecule has 0 aliphatic carbocycles. The van der Waals surface area contributed by atoms with E-state index in [0.717, 1.165) is 43.5 Å². The zero-order valence-electron chi connectivity index (χ0n) is 21.9. The highest BCUT2D eigenvalue weighted by Gasteiger charge is 2.25. The maximum Gasteiger partial charge on any atom is 0.272 e. The molecule has 1 fully saturated rings. The van der Waals surface area contributed by atoms with Gasteiger partial charge >= 0.3 is 0 Å². The fraction of sp³-hybridized carbons (Fsp3) is 0.367. The quantitative estimate of drug-likeness (QED) is 0.337. The Bertz CT molecular complexity index is 1470. The van der Waals surface area contributed by atoms with E-state index in [1.807, 2.05) is 11.8 Å². The lowest BCUT2D eigenvalue weighted by Crippen LogP contribution is -2.38. The first kappa shape index (κ1) is 25.7. The molecule has 0 saturated carbocycles. The molecule has 7 nitrogen and oxygen atoms in total. The Hall–Kier alpha value is -3.94. The van der Waals surface area contributed by atoms with Crippen LogP contribution in [0.5, 0.6) is 0 Å². The minimum atomic E-state index is -0.449. The molecule has 0 spiro atoms. The molecular weight excluding hydrogens is 481 g/mol. The summed E-state index contributed by atoms with van der Waals surface area (Å²) in [7, 11) is 0. The van der Waals surface area contributed by atoms with E-state index in [-0.39, 0.29) is 30.6 Å². The van der Waals surface area contributed by atoms with Gasteiger partial charge in [0.2, 0.25) is 0 Å². The highest BCUT2D eigenvalue weighted by Crippen LogP contribution is 2.26. The fourth-order valence-corrected chi connectivity index (χ4v) is 5.15. The van der Waals surface area contributed by atoms with Gasteiger partial charge in [0, 0.05) is 55.1 Å². The monoisotopic (exact) mass is 513 g/mol. The van der Waals surface area contributed by atoms with Crippen molar-refractivity contribution >= 4 is 17.3 Å². The lowest BCUT2D eigenvalue weighted by atomic mass is 10.0. The number of hydrogen-bond donors (Lipinski definition) is 0. The van der Waals surface area contributed by atoms with Crippen LogP contribution in [0.3, 0.4) is 0 Å². The van der Waals surface area contributed by atoms with Crippen LogP contribution in [0, 0.1) is 5.82 Å². The normalized spacial score (nSPS) is 16.0. The van der Waals surface area contributed by atoms with Crippen molar-refractivity contribution in [2.24, 2.45) is 0 Å². The second-order valence-corrected chi connectivity index (χ2v) is 10.0. The van der Waals surface area contributed by atoms with Crippen LogP contribution in [0.4, 0.5) is 4.39 Å². The summed E-state index contributed by atoms with van der Waals surface area (Å²) >= 11 is 0. The van der Waals surface area contributed by atoms with Crippen LogP contribution in [0.15, 0.2) is 54.9 Å². The average Bonchev–Trinajstić information content (AvgIpc) is 3.22. The van der Waals surface area contributed by atoms with Crippen LogP contribution < -0.4 is 0 Å². The Morgan fingerprint density at radius 1 is 1.00 bits per heavy atom. The van der Waals surface area contributed by atoms with Crippen molar-refractivity contribution in [3.8, 4) is 11.3 Å². The van der Waals surface area contributed by atoms with Gasteiger partial charge < -0.3 is 4.90 Å². The number of aryl methyl sites for hydroxylation is 1. The number of carbonyl (C=O) groups excluding carboxylic acids is 2. The number of nitrogens with zero attached hydrogens (tertiary/aromatic N) is 5. The SMILES string of the molecule is CCc1cc(C(=O)N2CCCCCC2C)nc2cc(-c3ccc(CC(=O)Cc4ccncc4)cc3F)nn12. The van der Waals surface area contributed by atoms with Gasteiger partial charge in [-0.1, -0.05) is 25.8 Å². The summed E-state index contributed by atoms with van der Waals surface area (Å²) in [4.78, 5) is 36.4. The van der Waals surface area contributed by atoms with Crippen molar-refractivity contribution < 1.29 is 14.0 Å². The van der Waals surface area contributed by atoms with Crippen molar-refractivity contribution in [1.29, 1.82) is 0 Å². The van der Waals surface area contributed by atoms with Gasteiger partial charge in [-0.2, -0.15) is 5.10 Å². The Morgan fingerprint density at radius 3 is 2.55 bits per heavy atom.